The molecule has 2 rings (SSSR count). The topological polar surface area (TPSA) is 55.6 Å². The minimum atomic E-state index is -0.204. The number of carbonyl (C=O) groups is 1. The van der Waals surface area contributed by atoms with Gasteiger partial charge in [-0.3, -0.25) is 4.79 Å². The smallest absolute Gasteiger partial charge is 0.225 e. The lowest BCUT2D eigenvalue weighted by atomic mass is 9.78. The van der Waals surface area contributed by atoms with Crippen molar-refractivity contribution < 1.29 is 9.53 Å². The molecule has 1 aliphatic heterocycles. The van der Waals surface area contributed by atoms with Crippen molar-refractivity contribution in [3.63, 3.8) is 0 Å². The summed E-state index contributed by atoms with van der Waals surface area (Å²) in [6, 6.07) is 0.273. The van der Waals surface area contributed by atoms with E-state index >= 15 is 0 Å². The fourth-order valence-electron chi connectivity index (χ4n) is 3.11. The lowest BCUT2D eigenvalue weighted by Gasteiger charge is -2.41. The van der Waals surface area contributed by atoms with Gasteiger partial charge in [0, 0.05) is 25.0 Å². The minimum Gasteiger partial charge on any atom is -0.372 e. The third-order valence-corrected chi connectivity index (χ3v) is 4.32. The normalized spacial score (nSPS) is 36.4. The van der Waals surface area contributed by atoms with E-state index in [1.165, 1.54) is 0 Å². The summed E-state index contributed by atoms with van der Waals surface area (Å²) in [6.07, 6.45) is 2.87. The maximum Gasteiger partial charge on any atom is 0.225 e. The van der Waals surface area contributed by atoms with Gasteiger partial charge in [-0.1, -0.05) is 6.92 Å². The summed E-state index contributed by atoms with van der Waals surface area (Å²) in [5.41, 5.74) is 5.81. The fourth-order valence-corrected chi connectivity index (χ4v) is 3.11. The highest BCUT2D eigenvalue weighted by molar-refractivity contribution is 5.79. The standard InChI is InChI=1S/C14H26N2O2/c1-10-8-11(4-5-12(10)15)13(17)16-6-7-18-14(2,3)9-16/h10-12H,4-9,15H2,1-3H3. The third-order valence-electron chi connectivity index (χ3n) is 4.32. The second kappa shape index (κ2) is 5.17. The highest BCUT2D eigenvalue weighted by Gasteiger charge is 2.36. The van der Waals surface area contributed by atoms with E-state index < -0.39 is 0 Å². The van der Waals surface area contributed by atoms with Gasteiger partial charge in [-0.05, 0) is 39.0 Å². The molecular weight excluding hydrogens is 228 g/mol. The van der Waals surface area contributed by atoms with Crippen molar-refractivity contribution in [2.45, 2.75) is 51.7 Å². The van der Waals surface area contributed by atoms with Crippen LogP contribution in [0.2, 0.25) is 0 Å². The number of nitrogens with two attached hydrogens (primary N) is 1. The Balaban J connectivity index is 1.95. The summed E-state index contributed by atoms with van der Waals surface area (Å²) in [5.74, 6) is 0.945. The van der Waals surface area contributed by atoms with Crippen molar-refractivity contribution in [3.8, 4) is 0 Å². The molecule has 0 spiro atoms. The molecule has 3 unspecified atom stereocenters. The summed E-state index contributed by atoms with van der Waals surface area (Å²) in [6.45, 7) is 8.35. The summed E-state index contributed by atoms with van der Waals surface area (Å²) in [7, 11) is 0. The molecule has 0 aromatic heterocycles. The first-order valence-electron chi connectivity index (χ1n) is 7.07. The minimum absolute atomic E-state index is 0.175. The molecule has 0 bridgehead atoms. The van der Waals surface area contributed by atoms with Crippen LogP contribution in [0.15, 0.2) is 0 Å². The number of hydrogen-bond donors (Lipinski definition) is 1. The maximum absolute atomic E-state index is 12.5. The van der Waals surface area contributed by atoms with Gasteiger partial charge >= 0.3 is 0 Å². The van der Waals surface area contributed by atoms with Gasteiger partial charge < -0.3 is 15.4 Å². The highest BCUT2D eigenvalue weighted by atomic mass is 16.5. The quantitative estimate of drug-likeness (QED) is 0.769. The molecule has 0 aromatic carbocycles. The van der Waals surface area contributed by atoms with Crippen LogP contribution >= 0.6 is 0 Å². The lowest BCUT2D eigenvalue weighted by Crippen LogP contribution is -2.53. The van der Waals surface area contributed by atoms with Gasteiger partial charge in [0.2, 0.25) is 5.91 Å². The van der Waals surface area contributed by atoms with Gasteiger partial charge in [0.05, 0.1) is 12.2 Å². The molecule has 18 heavy (non-hydrogen) atoms. The van der Waals surface area contributed by atoms with Crippen molar-refractivity contribution in [2.24, 2.45) is 17.6 Å². The molecule has 1 saturated heterocycles. The van der Waals surface area contributed by atoms with Crippen molar-refractivity contribution in [1.82, 2.24) is 4.90 Å². The molecule has 4 nitrogen and oxygen atoms in total. The first kappa shape index (κ1) is 13.8. The van der Waals surface area contributed by atoms with Gasteiger partial charge in [-0.2, -0.15) is 0 Å². The monoisotopic (exact) mass is 254 g/mol. The second-order valence-electron chi connectivity index (χ2n) is 6.52. The number of nitrogens with zero attached hydrogens (tertiary/aromatic N) is 1. The maximum atomic E-state index is 12.5. The molecule has 3 atom stereocenters. The van der Waals surface area contributed by atoms with Crippen LogP contribution in [-0.4, -0.2) is 42.1 Å². The van der Waals surface area contributed by atoms with E-state index in [0.29, 0.717) is 25.0 Å². The molecule has 0 aromatic rings. The number of amides is 1. The zero-order valence-corrected chi connectivity index (χ0v) is 11.8. The SMILES string of the molecule is CC1CC(C(=O)N2CCOC(C)(C)C2)CCC1N. The van der Waals surface area contributed by atoms with E-state index in [1.54, 1.807) is 0 Å². The number of morpholine rings is 1. The first-order chi connectivity index (χ1) is 8.39. The highest BCUT2D eigenvalue weighted by Crippen LogP contribution is 2.30. The zero-order valence-electron chi connectivity index (χ0n) is 11.8. The molecule has 0 radical (unpaired) electrons. The summed E-state index contributed by atoms with van der Waals surface area (Å²) >= 11 is 0. The van der Waals surface area contributed by atoms with Gasteiger partial charge in [0.25, 0.3) is 0 Å². The van der Waals surface area contributed by atoms with Crippen LogP contribution in [0.4, 0.5) is 0 Å². The van der Waals surface area contributed by atoms with E-state index in [0.717, 1.165) is 25.8 Å². The van der Waals surface area contributed by atoms with Gasteiger partial charge in [-0.15, -0.1) is 0 Å². The largest absolute Gasteiger partial charge is 0.372 e. The van der Waals surface area contributed by atoms with Crippen LogP contribution in [0, 0.1) is 11.8 Å². The molecular formula is C14H26N2O2. The van der Waals surface area contributed by atoms with Gasteiger partial charge in [0.15, 0.2) is 0 Å². The molecule has 104 valence electrons. The Bertz CT molecular complexity index is 317. The van der Waals surface area contributed by atoms with Crippen molar-refractivity contribution in [2.75, 3.05) is 19.7 Å². The predicted molar refractivity (Wildman–Crippen MR) is 71.1 cm³/mol. The van der Waals surface area contributed by atoms with E-state index in [2.05, 4.69) is 6.92 Å². The Morgan fingerprint density at radius 2 is 2.11 bits per heavy atom. The van der Waals surface area contributed by atoms with E-state index in [9.17, 15) is 4.79 Å². The Kier molecular flexibility index (Phi) is 3.97. The van der Waals surface area contributed by atoms with E-state index in [1.807, 2.05) is 18.7 Å². The zero-order chi connectivity index (χ0) is 13.3. The first-order valence-corrected chi connectivity index (χ1v) is 7.07. The van der Waals surface area contributed by atoms with Crippen LogP contribution < -0.4 is 5.73 Å². The summed E-state index contributed by atoms with van der Waals surface area (Å²) < 4.78 is 5.66. The van der Waals surface area contributed by atoms with Crippen LogP contribution in [0.3, 0.4) is 0 Å². The average molecular weight is 254 g/mol. The fraction of sp³-hybridized carbons (Fsp3) is 0.929. The summed E-state index contributed by atoms with van der Waals surface area (Å²) in [4.78, 5) is 14.5. The molecule has 2 fully saturated rings. The second-order valence-corrected chi connectivity index (χ2v) is 6.52. The Morgan fingerprint density at radius 3 is 2.72 bits per heavy atom. The molecule has 2 N–H and O–H groups in total. The van der Waals surface area contributed by atoms with Gasteiger partial charge in [0.1, 0.15) is 0 Å². The Hall–Kier alpha value is -0.610. The van der Waals surface area contributed by atoms with E-state index in [-0.39, 0.29) is 17.6 Å². The molecule has 2 aliphatic rings. The van der Waals surface area contributed by atoms with Crippen LogP contribution in [0.5, 0.6) is 0 Å². The third kappa shape index (κ3) is 3.04. The molecule has 1 aliphatic carbocycles. The Morgan fingerprint density at radius 1 is 1.39 bits per heavy atom. The average Bonchev–Trinajstić information content (AvgIpc) is 2.30. The molecule has 1 amide bonds. The van der Waals surface area contributed by atoms with Crippen molar-refractivity contribution >= 4 is 5.91 Å². The number of hydrogen-bond acceptors (Lipinski definition) is 3. The van der Waals surface area contributed by atoms with Crippen molar-refractivity contribution in [3.05, 3.63) is 0 Å². The number of rotatable bonds is 1. The summed E-state index contributed by atoms with van der Waals surface area (Å²) in [5, 5.41) is 0. The van der Waals surface area contributed by atoms with Crippen molar-refractivity contribution in [1.29, 1.82) is 0 Å². The molecule has 1 saturated carbocycles. The van der Waals surface area contributed by atoms with Crippen LogP contribution in [0.1, 0.15) is 40.0 Å². The lowest BCUT2D eigenvalue weighted by molar-refractivity contribution is -0.151. The predicted octanol–water partition coefficient (Wildman–Crippen LogP) is 1.39. The number of carbonyl (C=O) groups excluding carboxylic acids is 1. The molecule has 1 heterocycles. The van der Waals surface area contributed by atoms with Crippen LogP contribution in [-0.2, 0) is 9.53 Å². The number of ether oxygens (including phenoxy) is 1. The Labute approximate surface area is 110 Å². The van der Waals surface area contributed by atoms with Crippen LogP contribution in [0.25, 0.3) is 0 Å². The van der Waals surface area contributed by atoms with E-state index in [4.69, 9.17) is 10.5 Å². The molecule has 4 heteroatoms. The van der Waals surface area contributed by atoms with Gasteiger partial charge in [-0.25, -0.2) is 0 Å².